The van der Waals surface area contributed by atoms with Crippen molar-refractivity contribution in [1.29, 1.82) is 0 Å². The molecular weight excluding hydrogens is 236 g/mol. The van der Waals surface area contributed by atoms with Gasteiger partial charge < -0.3 is 10.4 Å². The Morgan fingerprint density at radius 3 is 2.72 bits per heavy atom. The van der Waals surface area contributed by atoms with E-state index in [1.54, 1.807) is 6.20 Å². The van der Waals surface area contributed by atoms with Crippen molar-refractivity contribution in [2.45, 2.75) is 45.2 Å². The summed E-state index contributed by atoms with van der Waals surface area (Å²) in [5.74, 6) is -1.32. The Kier molecular flexibility index (Phi) is 4.82. The maximum absolute atomic E-state index is 11.7. The van der Waals surface area contributed by atoms with Gasteiger partial charge in [-0.05, 0) is 13.3 Å². The van der Waals surface area contributed by atoms with Crippen molar-refractivity contribution in [3.05, 3.63) is 12.4 Å². The monoisotopic (exact) mass is 254 g/mol. The van der Waals surface area contributed by atoms with Gasteiger partial charge in [0.05, 0.1) is 12.7 Å². The van der Waals surface area contributed by atoms with E-state index in [2.05, 4.69) is 15.6 Å². The SMILES string of the molecule is CCCC(C)(NC(=O)CCn1ccnn1)C(=O)O. The predicted molar refractivity (Wildman–Crippen MR) is 63.7 cm³/mol. The molecule has 0 aliphatic carbocycles. The second-order valence-corrected chi connectivity index (χ2v) is 4.35. The highest BCUT2D eigenvalue weighted by Gasteiger charge is 2.33. The lowest BCUT2D eigenvalue weighted by atomic mass is 9.96. The van der Waals surface area contributed by atoms with Gasteiger partial charge in [0.2, 0.25) is 5.91 Å². The molecule has 1 amide bonds. The van der Waals surface area contributed by atoms with Crippen LogP contribution in [0.15, 0.2) is 12.4 Å². The van der Waals surface area contributed by atoms with Crippen molar-refractivity contribution in [2.24, 2.45) is 0 Å². The van der Waals surface area contributed by atoms with Crippen LogP contribution in [0.2, 0.25) is 0 Å². The van der Waals surface area contributed by atoms with Crippen LogP contribution in [0, 0.1) is 0 Å². The van der Waals surface area contributed by atoms with Crippen LogP contribution in [0.5, 0.6) is 0 Å². The number of nitrogens with zero attached hydrogens (tertiary/aromatic N) is 3. The fourth-order valence-electron chi connectivity index (χ4n) is 1.66. The number of carbonyl (C=O) groups excluding carboxylic acids is 1. The van der Waals surface area contributed by atoms with Crippen molar-refractivity contribution in [1.82, 2.24) is 20.3 Å². The molecule has 100 valence electrons. The van der Waals surface area contributed by atoms with Crippen LogP contribution in [-0.4, -0.2) is 37.5 Å². The molecule has 1 unspecified atom stereocenters. The number of carboxylic acids is 1. The quantitative estimate of drug-likeness (QED) is 0.735. The molecule has 2 N–H and O–H groups in total. The van der Waals surface area contributed by atoms with Crippen LogP contribution >= 0.6 is 0 Å². The van der Waals surface area contributed by atoms with E-state index in [4.69, 9.17) is 5.11 Å². The lowest BCUT2D eigenvalue weighted by Crippen LogP contribution is -2.52. The summed E-state index contributed by atoms with van der Waals surface area (Å²) in [7, 11) is 0. The van der Waals surface area contributed by atoms with Gasteiger partial charge in [0.25, 0.3) is 0 Å². The Labute approximate surface area is 105 Å². The van der Waals surface area contributed by atoms with Gasteiger partial charge >= 0.3 is 5.97 Å². The molecule has 0 saturated carbocycles. The van der Waals surface area contributed by atoms with Crippen LogP contribution in [0.25, 0.3) is 0 Å². The van der Waals surface area contributed by atoms with E-state index in [1.807, 2.05) is 6.92 Å². The van der Waals surface area contributed by atoms with Crippen molar-refractivity contribution < 1.29 is 14.7 Å². The minimum Gasteiger partial charge on any atom is -0.480 e. The largest absolute Gasteiger partial charge is 0.480 e. The van der Waals surface area contributed by atoms with Crippen LogP contribution in [0.3, 0.4) is 0 Å². The number of aliphatic carboxylic acids is 1. The molecular formula is C11H18N4O3. The molecule has 1 heterocycles. The van der Waals surface area contributed by atoms with Crippen molar-refractivity contribution in [2.75, 3.05) is 0 Å². The zero-order valence-electron chi connectivity index (χ0n) is 10.6. The van der Waals surface area contributed by atoms with E-state index in [-0.39, 0.29) is 12.3 Å². The number of aryl methyl sites for hydroxylation is 1. The number of amides is 1. The lowest BCUT2D eigenvalue weighted by molar-refractivity contribution is -0.147. The highest BCUT2D eigenvalue weighted by atomic mass is 16.4. The van der Waals surface area contributed by atoms with Crippen molar-refractivity contribution in [3.63, 3.8) is 0 Å². The van der Waals surface area contributed by atoms with Crippen molar-refractivity contribution in [3.8, 4) is 0 Å². The molecule has 1 aromatic rings. The zero-order valence-corrected chi connectivity index (χ0v) is 10.6. The predicted octanol–water partition coefficient (Wildman–Crippen LogP) is 0.428. The second kappa shape index (κ2) is 6.13. The topological polar surface area (TPSA) is 97.1 Å². The third-order valence-electron chi connectivity index (χ3n) is 2.68. The molecule has 18 heavy (non-hydrogen) atoms. The van der Waals surface area contributed by atoms with Gasteiger partial charge in [-0.25, -0.2) is 4.79 Å². The summed E-state index contributed by atoms with van der Waals surface area (Å²) in [5.41, 5.74) is -1.20. The number of nitrogens with one attached hydrogen (secondary N) is 1. The molecule has 0 aliphatic rings. The first-order valence-electron chi connectivity index (χ1n) is 5.86. The Hall–Kier alpha value is -1.92. The molecule has 0 bridgehead atoms. The van der Waals surface area contributed by atoms with Gasteiger partial charge in [-0.3, -0.25) is 9.48 Å². The number of rotatable bonds is 7. The fourth-order valence-corrected chi connectivity index (χ4v) is 1.66. The van der Waals surface area contributed by atoms with E-state index in [0.29, 0.717) is 19.4 Å². The number of hydrogen-bond donors (Lipinski definition) is 2. The minimum atomic E-state index is -1.20. The first kappa shape index (κ1) is 14.1. The van der Waals surface area contributed by atoms with Crippen LogP contribution in [0.4, 0.5) is 0 Å². The summed E-state index contributed by atoms with van der Waals surface area (Å²) in [5, 5.41) is 19.0. The molecule has 0 spiro atoms. The number of carboxylic acid groups (broad SMARTS) is 1. The minimum absolute atomic E-state index is 0.177. The Bertz CT molecular complexity index is 404. The second-order valence-electron chi connectivity index (χ2n) is 4.35. The molecule has 0 radical (unpaired) electrons. The molecule has 1 atom stereocenters. The molecule has 0 aromatic carbocycles. The van der Waals surface area contributed by atoms with E-state index in [9.17, 15) is 9.59 Å². The molecule has 0 saturated heterocycles. The highest BCUT2D eigenvalue weighted by Crippen LogP contribution is 2.12. The van der Waals surface area contributed by atoms with Gasteiger partial charge in [-0.1, -0.05) is 18.6 Å². The molecule has 0 aliphatic heterocycles. The summed E-state index contributed by atoms with van der Waals surface area (Å²) >= 11 is 0. The molecule has 0 fully saturated rings. The van der Waals surface area contributed by atoms with Crippen molar-refractivity contribution >= 4 is 11.9 Å². The van der Waals surface area contributed by atoms with Crippen LogP contribution in [0.1, 0.15) is 33.1 Å². The number of hydrogen-bond acceptors (Lipinski definition) is 4. The third-order valence-corrected chi connectivity index (χ3v) is 2.68. The Morgan fingerprint density at radius 2 is 2.22 bits per heavy atom. The summed E-state index contributed by atoms with van der Waals surface area (Å²) in [6.45, 7) is 3.78. The highest BCUT2D eigenvalue weighted by molar-refractivity contribution is 5.86. The Balaban J connectivity index is 2.49. The number of aromatic nitrogens is 3. The third kappa shape index (κ3) is 3.83. The van der Waals surface area contributed by atoms with E-state index >= 15 is 0 Å². The van der Waals surface area contributed by atoms with Crippen LogP contribution in [-0.2, 0) is 16.1 Å². The van der Waals surface area contributed by atoms with E-state index in [0.717, 1.165) is 0 Å². The summed E-state index contributed by atoms with van der Waals surface area (Å²) in [6, 6.07) is 0. The normalized spacial score (nSPS) is 13.9. The average Bonchev–Trinajstić information content (AvgIpc) is 2.79. The van der Waals surface area contributed by atoms with Gasteiger partial charge in [-0.2, -0.15) is 0 Å². The zero-order chi connectivity index (χ0) is 13.6. The molecule has 1 rings (SSSR count). The molecule has 7 heteroatoms. The summed E-state index contributed by atoms with van der Waals surface area (Å²) in [6.07, 6.45) is 4.44. The maximum Gasteiger partial charge on any atom is 0.329 e. The molecule has 1 aromatic heterocycles. The van der Waals surface area contributed by atoms with Crippen LogP contribution < -0.4 is 5.32 Å². The Morgan fingerprint density at radius 1 is 1.50 bits per heavy atom. The van der Waals surface area contributed by atoms with Gasteiger partial charge in [0.15, 0.2) is 0 Å². The lowest BCUT2D eigenvalue weighted by Gasteiger charge is -2.25. The standard InChI is InChI=1S/C11H18N4O3/c1-3-5-11(2,10(17)18)13-9(16)4-7-15-8-6-12-14-15/h6,8H,3-5,7H2,1-2H3,(H,13,16)(H,17,18). The van der Waals surface area contributed by atoms with Gasteiger partial charge in [0, 0.05) is 12.6 Å². The average molecular weight is 254 g/mol. The smallest absolute Gasteiger partial charge is 0.329 e. The van der Waals surface area contributed by atoms with E-state index < -0.39 is 11.5 Å². The van der Waals surface area contributed by atoms with Gasteiger partial charge in [0.1, 0.15) is 5.54 Å². The van der Waals surface area contributed by atoms with E-state index in [1.165, 1.54) is 17.8 Å². The summed E-state index contributed by atoms with van der Waals surface area (Å²) in [4.78, 5) is 22.8. The maximum atomic E-state index is 11.7. The fraction of sp³-hybridized carbons (Fsp3) is 0.636. The first-order chi connectivity index (χ1) is 8.48. The first-order valence-corrected chi connectivity index (χ1v) is 5.86. The number of carbonyl (C=O) groups is 2. The van der Waals surface area contributed by atoms with Gasteiger partial charge in [-0.15, -0.1) is 5.10 Å². The molecule has 7 nitrogen and oxygen atoms in total. The summed E-state index contributed by atoms with van der Waals surface area (Å²) < 4.78 is 1.53.